The molecule has 2 rings (SSSR count). The number of nitrogens with one attached hydrogen (secondary N) is 1. The molecular formula is C15H15BrN2O4. The highest BCUT2D eigenvalue weighted by molar-refractivity contribution is 9.10. The SMILES string of the molecule is COC(=O)/C(CN(C)C(C)=O)=C1/NC(=O)c2ccc(Br)cc21. The molecule has 1 aromatic rings. The molecule has 0 aromatic heterocycles. The van der Waals surface area contributed by atoms with Crippen molar-refractivity contribution >= 4 is 39.4 Å². The van der Waals surface area contributed by atoms with Crippen LogP contribution >= 0.6 is 15.9 Å². The molecule has 0 atom stereocenters. The maximum Gasteiger partial charge on any atom is 0.337 e. The zero-order valence-electron chi connectivity index (χ0n) is 12.4. The van der Waals surface area contributed by atoms with E-state index in [4.69, 9.17) is 4.74 Å². The molecule has 0 unspecified atom stereocenters. The first kappa shape index (κ1) is 16.2. The van der Waals surface area contributed by atoms with Crippen LogP contribution in [0, 0.1) is 0 Å². The molecule has 0 radical (unpaired) electrons. The third-order valence-corrected chi connectivity index (χ3v) is 3.89. The van der Waals surface area contributed by atoms with Crippen LogP contribution in [0.1, 0.15) is 22.8 Å². The van der Waals surface area contributed by atoms with E-state index in [0.717, 1.165) is 4.47 Å². The van der Waals surface area contributed by atoms with Crippen molar-refractivity contribution in [2.75, 3.05) is 20.7 Å². The van der Waals surface area contributed by atoms with Gasteiger partial charge in [0.05, 0.1) is 24.9 Å². The highest BCUT2D eigenvalue weighted by Crippen LogP contribution is 2.30. The van der Waals surface area contributed by atoms with Crippen molar-refractivity contribution in [2.24, 2.45) is 0 Å². The van der Waals surface area contributed by atoms with Gasteiger partial charge in [-0.25, -0.2) is 4.79 Å². The number of amides is 2. The Bertz CT molecular complexity index is 697. The largest absolute Gasteiger partial charge is 0.466 e. The van der Waals surface area contributed by atoms with Crippen LogP contribution in [-0.4, -0.2) is 43.4 Å². The summed E-state index contributed by atoms with van der Waals surface area (Å²) in [6, 6.07) is 5.17. The Hall–Kier alpha value is -2.15. The van der Waals surface area contributed by atoms with Crippen LogP contribution < -0.4 is 5.32 Å². The lowest BCUT2D eigenvalue weighted by Gasteiger charge is -2.18. The van der Waals surface area contributed by atoms with Crippen molar-refractivity contribution in [3.05, 3.63) is 39.4 Å². The van der Waals surface area contributed by atoms with Crippen molar-refractivity contribution in [1.29, 1.82) is 0 Å². The normalized spacial score (nSPS) is 15.0. The quantitative estimate of drug-likeness (QED) is 0.650. The molecule has 2 amide bonds. The first-order valence-corrected chi connectivity index (χ1v) is 7.29. The molecular weight excluding hydrogens is 352 g/mol. The van der Waals surface area contributed by atoms with E-state index in [0.29, 0.717) is 16.8 Å². The number of halogens is 1. The summed E-state index contributed by atoms with van der Waals surface area (Å²) < 4.78 is 5.57. The number of benzene rings is 1. The summed E-state index contributed by atoms with van der Waals surface area (Å²) in [5.41, 5.74) is 1.69. The molecule has 1 aliphatic heterocycles. The van der Waals surface area contributed by atoms with Gasteiger partial charge in [-0.15, -0.1) is 0 Å². The molecule has 7 heteroatoms. The highest BCUT2D eigenvalue weighted by Gasteiger charge is 2.30. The standard InChI is InChI=1S/C15H15BrN2O4/c1-8(19)18(2)7-12(15(21)22-3)13-11-6-9(16)4-5-10(11)14(20)17-13/h4-6H,7H2,1-3H3,(H,17,20)/b13-12+. The van der Waals surface area contributed by atoms with E-state index < -0.39 is 5.97 Å². The summed E-state index contributed by atoms with van der Waals surface area (Å²) in [6.07, 6.45) is 0. The number of carbonyl (C=O) groups is 3. The molecule has 0 saturated carbocycles. The average Bonchev–Trinajstić information content (AvgIpc) is 2.79. The molecule has 0 spiro atoms. The van der Waals surface area contributed by atoms with E-state index in [2.05, 4.69) is 21.2 Å². The maximum absolute atomic E-state index is 12.1. The number of fused-ring (bicyclic) bond motifs is 1. The third kappa shape index (κ3) is 3.04. The molecule has 1 heterocycles. The van der Waals surface area contributed by atoms with Gasteiger partial charge >= 0.3 is 5.97 Å². The lowest BCUT2D eigenvalue weighted by molar-refractivity contribution is -0.136. The van der Waals surface area contributed by atoms with E-state index >= 15 is 0 Å². The van der Waals surface area contributed by atoms with E-state index in [1.54, 1.807) is 25.2 Å². The van der Waals surface area contributed by atoms with Crippen LogP contribution in [0.3, 0.4) is 0 Å². The summed E-state index contributed by atoms with van der Waals surface area (Å²) in [5, 5.41) is 2.69. The second-order valence-electron chi connectivity index (χ2n) is 4.86. The molecule has 1 N–H and O–H groups in total. The minimum atomic E-state index is -0.587. The van der Waals surface area contributed by atoms with E-state index in [9.17, 15) is 14.4 Å². The Morgan fingerprint density at radius 2 is 2.00 bits per heavy atom. The van der Waals surface area contributed by atoms with Gasteiger partial charge in [-0.05, 0) is 18.2 Å². The number of hydrogen-bond acceptors (Lipinski definition) is 4. The summed E-state index contributed by atoms with van der Waals surface area (Å²) in [6.45, 7) is 1.45. The molecule has 0 bridgehead atoms. The number of esters is 1. The van der Waals surface area contributed by atoms with E-state index in [1.807, 2.05) is 0 Å². The third-order valence-electron chi connectivity index (χ3n) is 3.40. The predicted molar refractivity (Wildman–Crippen MR) is 83.9 cm³/mol. The molecule has 1 aliphatic rings. The van der Waals surface area contributed by atoms with Gasteiger partial charge < -0.3 is 15.0 Å². The van der Waals surface area contributed by atoms with Gasteiger partial charge in [0, 0.05) is 29.6 Å². The summed E-state index contributed by atoms with van der Waals surface area (Å²) in [7, 11) is 2.83. The second-order valence-corrected chi connectivity index (χ2v) is 5.78. The van der Waals surface area contributed by atoms with Crippen LogP contribution in [-0.2, 0) is 14.3 Å². The first-order valence-electron chi connectivity index (χ1n) is 6.49. The number of nitrogens with zero attached hydrogens (tertiary/aromatic N) is 1. The van der Waals surface area contributed by atoms with E-state index in [1.165, 1.54) is 18.9 Å². The number of methoxy groups -OCH3 is 1. The molecule has 6 nitrogen and oxygen atoms in total. The summed E-state index contributed by atoms with van der Waals surface area (Å²) in [4.78, 5) is 36.9. The predicted octanol–water partition coefficient (Wildman–Crippen LogP) is 1.55. The minimum absolute atomic E-state index is 0.0452. The zero-order chi connectivity index (χ0) is 16.4. The Labute approximate surface area is 136 Å². The van der Waals surface area contributed by atoms with Crippen molar-refractivity contribution in [1.82, 2.24) is 10.2 Å². The van der Waals surface area contributed by atoms with Crippen LogP contribution in [0.4, 0.5) is 0 Å². The fourth-order valence-electron chi connectivity index (χ4n) is 2.12. The fourth-order valence-corrected chi connectivity index (χ4v) is 2.49. The second kappa shape index (κ2) is 6.31. The van der Waals surface area contributed by atoms with Gasteiger partial charge in [-0.2, -0.15) is 0 Å². The Morgan fingerprint density at radius 1 is 1.32 bits per heavy atom. The average molecular weight is 367 g/mol. The van der Waals surface area contributed by atoms with Gasteiger partial charge in [0.1, 0.15) is 0 Å². The first-order chi connectivity index (χ1) is 10.3. The molecule has 0 fully saturated rings. The molecule has 0 aliphatic carbocycles. The highest BCUT2D eigenvalue weighted by atomic mass is 79.9. The Kier molecular flexibility index (Phi) is 4.65. The van der Waals surface area contributed by atoms with Crippen molar-refractivity contribution in [3.63, 3.8) is 0 Å². The Balaban J connectivity index is 2.57. The van der Waals surface area contributed by atoms with Gasteiger partial charge in [0.2, 0.25) is 5.91 Å². The van der Waals surface area contributed by atoms with Crippen LogP contribution in [0.5, 0.6) is 0 Å². The number of rotatable bonds is 3. The van der Waals surface area contributed by atoms with Crippen LogP contribution in [0.2, 0.25) is 0 Å². The van der Waals surface area contributed by atoms with E-state index in [-0.39, 0.29) is 23.9 Å². The Morgan fingerprint density at radius 3 is 2.59 bits per heavy atom. The lowest BCUT2D eigenvalue weighted by Crippen LogP contribution is -2.30. The topological polar surface area (TPSA) is 75.7 Å². The van der Waals surface area contributed by atoms with Crippen LogP contribution in [0.15, 0.2) is 28.2 Å². The maximum atomic E-state index is 12.1. The fraction of sp³-hybridized carbons (Fsp3) is 0.267. The molecule has 1 aromatic carbocycles. The zero-order valence-corrected chi connectivity index (χ0v) is 14.0. The summed E-state index contributed by atoms with van der Waals surface area (Å²) in [5.74, 6) is -1.07. The van der Waals surface area contributed by atoms with Gasteiger partial charge in [-0.1, -0.05) is 15.9 Å². The van der Waals surface area contributed by atoms with Crippen molar-refractivity contribution in [3.8, 4) is 0 Å². The number of hydrogen-bond donors (Lipinski definition) is 1. The monoisotopic (exact) mass is 366 g/mol. The van der Waals surface area contributed by atoms with Crippen molar-refractivity contribution in [2.45, 2.75) is 6.92 Å². The smallest absolute Gasteiger partial charge is 0.337 e. The molecule has 22 heavy (non-hydrogen) atoms. The molecule has 0 saturated heterocycles. The van der Waals surface area contributed by atoms with Gasteiger partial charge in [0.25, 0.3) is 5.91 Å². The van der Waals surface area contributed by atoms with Crippen molar-refractivity contribution < 1.29 is 19.1 Å². The number of carbonyl (C=O) groups excluding carboxylic acids is 3. The number of ether oxygens (including phenoxy) is 1. The lowest BCUT2D eigenvalue weighted by atomic mass is 10.0. The number of likely N-dealkylation sites (N-methyl/N-ethyl adjacent to an activating group) is 1. The summed E-state index contributed by atoms with van der Waals surface area (Å²) >= 11 is 3.35. The van der Waals surface area contributed by atoms with Crippen LogP contribution in [0.25, 0.3) is 5.70 Å². The van der Waals surface area contributed by atoms with Gasteiger partial charge in [-0.3, -0.25) is 9.59 Å². The minimum Gasteiger partial charge on any atom is -0.466 e. The molecule has 116 valence electrons. The van der Waals surface area contributed by atoms with Gasteiger partial charge in [0.15, 0.2) is 0 Å².